The van der Waals surface area contributed by atoms with Crippen molar-refractivity contribution >= 4 is 5.91 Å². The Morgan fingerprint density at radius 2 is 1.95 bits per heavy atom. The average Bonchev–Trinajstić information content (AvgIpc) is 2.27. The first-order valence-electron chi connectivity index (χ1n) is 5.38. The Bertz CT molecular complexity index is 325. The van der Waals surface area contributed by atoms with Gasteiger partial charge in [-0.15, -0.1) is 0 Å². The van der Waals surface area contributed by atoms with Crippen LogP contribution in [0.25, 0.3) is 0 Å². The smallest absolute Gasteiger partial charge is 0.231 e. The highest BCUT2D eigenvalue weighted by Gasteiger charge is 2.46. The van der Waals surface area contributed by atoms with Crippen molar-refractivity contribution in [2.75, 3.05) is 13.2 Å². The summed E-state index contributed by atoms with van der Waals surface area (Å²) in [6, 6.07) is -1.09. The molecule has 1 aliphatic rings. The Kier molecular flexibility index (Phi) is 6.79. The number of carbonyl (C=O) groups is 1. The van der Waals surface area contributed by atoms with E-state index >= 15 is 0 Å². The molecule has 5 unspecified atom stereocenters. The number of nitrogens with one attached hydrogen (secondary N) is 1. The fraction of sp³-hybridized carbons (Fsp3) is 0.889. The monoisotopic (exact) mass is 282 g/mol. The minimum atomic E-state index is -1.44. The first-order valence-corrected chi connectivity index (χ1v) is 5.38. The van der Waals surface area contributed by atoms with Gasteiger partial charge in [0.15, 0.2) is 0 Å². The third kappa shape index (κ3) is 4.36. The number of aliphatic hydroxyl groups excluding tert-OH is 3. The second-order valence-electron chi connectivity index (χ2n) is 4.12. The summed E-state index contributed by atoms with van der Waals surface area (Å²) in [4.78, 5) is 20.8. The topological polar surface area (TPSA) is 174 Å². The molecule has 1 amide bonds. The van der Waals surface area contributed by atoms with E-state index in [-0.39, 0.29) is 5.48 Å². The molecule has 1 aliphatic heterocycles. The lowest BCUT2D eigenvalue weighted by Gasteiger charge is -2.41. The SMILES string of the molecule is CC(=O)NC1C(C[N+](=O)[O-])OC(CO)C(O)C1O.O. The highest BCUT2D eigenvalue weighted by molar-refractivity contribution is 5.73. The molecule has 1 saturated heterocycles. The lowest BCUT2D eigenvalue weighted by Crippen LogP contribution is -2.65. The lowest BCUT2D eigenvalue weighted by atomic mass is 9.92. The Morgan fingerprint density at radius 1 is 1.37 bits per heavy atom. The summed E-state index contributed by atoms with van der Waals surface area (Å²) >= 11 is 0. The van der Waals surface area contributed by atoms with Gasteiger partial charge in [-0.25, -0.2) is 0 Å². The molecule has 112 valence electrons. The van der Waals surface area contributed by atoms with E-state index in [1.54, 1.807) is 0 Å². The minimum Gasteiger partial charge on any atom is -0.412 e. The van der Waals surface area contributed by atoms with Crippen LogP contribution in [0.5, 0.6) is 0 Å². The normalized spacial score (nSPS) is 34.2. The van der Waals surface area contributed by atoms with E-state index in [9.17, 15) is 25.1 Å². The van der Waals surface area contributed by atoms with Gasteiger partial charge in [-0.1, -0.05) is 0 Å². The summed E-state index contributed by atoms with van der Waals surface area (Å²) < 4.78 is 5.13. The fourth-order valence-electron chi connectivity index (χ4n) is 1.91. The Morgan fingerprint density at radius 3 is 2.37 bits per heavy atom. The molecule has 0 radical (unpaired) electrons. The summed E-state index contributed by atoms with van der Waals surface area (Å²) in [7, 11) is 0. The number of aliphatic hydroxyl groups is 3. The molecule has 10 nitrogen and oxygen atoms in total. The van der Waals surface area contributed by atoms with Crippen molar-refractivity contribution in [1.29, 1.82) is 0 Å². The Hall–Kier alpha value is -1.33. The molecule has 5 atom stereocenters. The predicted octanol–water partition coefficient (Wildman–Crippen LogP) is -3.58. The lowest BCUT2D eigenvalue weighted by molar-refractivity contribution is -0.496. The van der Waals surface area contributed by atoms with Crippen molar-refractivity contribution in [3.63, 3.8) is 0 Å². The number of carbonyl (C=O) groups excluding carboxylic acids is 1. The second kappa shape index (κ2) is 7.31. The zero-order valence-corrected chi connectivity index (χ0v) is 10.2. The zero-order valence-electron chi connectivity index (χ0n) is 10.2. The molecule has 0 bridgehead atoms. The third-order valence-corrected chi connectivity index (χ3v) is 2.73. The molecule has 0 aromatic rings. The summed E-state index contributed by atoms with van der Waals surface area (Å²) in [5.41, 5.74) is 0. The van der Waals surface area contributed by atoms with Crippen LogP contribution in [0.1, 0.15) is 6.92 Å². The molecular weight excluding hydrogens is 264 g/mol. The number of nitro groups is 1. The summed E-state index contributed by atoms with van der Waals surface area (Å²) in [6.07, 6.45) is -5.09. The van der Waals surface area contributed by atoms with Crippen molar-refractivity contribution in [3.8, 4) is 0 Å². The van der Waals surface area contributed by atoms with Crippen molar-refractivity contribution in [2.24, 2.45) is 0 Å². The van der Waals surface area contributed by atoms with Gasteiger partial charge < -0.3 is 30.8 Å². The van der Waals surface area contributed by atoms with Crippen molar-refractivity contribution in [1.82, 2.24) is 5.32 Å². The van der Waals surface area contributed by atoms with Crippen molar-refractivity contribution in [3.05, 3.63) is 10.1 Å². The minimum absolute atomic E-state index is 0. The van der Waals surface area contributed by atoms with Crippen LogP contribution in [0.4, 0.5) is 0 Å². The number of hydrogen-bond acceptors (Lipinski definition) is 7. The van der Waals surface area contributed by atoms with Gasteiger partial charge in [0, 0.05) is 11.8 Å². The molecule has 6 N–H and O–H groups in total. The van der Waals surface area contributed by atoms with Crippen LogP contribution in [0, 0.1) is 10.1 Å². The molecule has 1 rings (SSSR count). The van der Waals surface area contributed by atoms with E-state index in [1.165, 1.54) is 6.92 Å². The summed E-state index contributed by atoms with van der Waals surface area (Å²) in [6.45, 7) is -0.0507. The van der Waals surface area contributed by atoms with Gasteiger partial charge >= 0.3 is 0 Å². The summed E-state index contributed by atoms with van der Waals surface area (Å²) in [5, 5.41) is 41.1. The quantitative estimate of drug-likeness (QED) is 0.304. The first-order chi connectivity index (χ1) is 8.36. The van der Waals surface area contributed by atoms with Crippen LogP contribution >= 0.6 is 0 Å². The molecular formula is C9H18N2O8. The fourth-order valence-corrected chi connectivity index (χ4v) is 1.91. The maximum absolute atomic E-state index is 11.0. The second-order valence-corrected chi connectivity index (χ2v) is 4.12. The molecule has 0 saturated carbocycles. The molecule has 19 heavy (non-hydrogen) atoms. The molecule has 0 aliphatic carbocycles. The van der Waals surface area contributed by atoms with E-state index in [2.05, 4.69) is 5.32 Å². The average molecular weight is 282 g/mol. The van der Waals surface area contributed by atoms with Gasteiger partial charge in [-0.05, 0) is 0 Å². The molecule has 1 heterocycles. The van der Waals surface area contributed by atoms with Crippen LogP contribution in [-0.4, -0.2) is 75.2 Å². The van der Waals surface area contributed by atoms with E-state index in [0.29, 0.717) is 0 Å². The number of ether oxygens (including phenoxy) is 1. The standard InChI is InChI=1S/C9H16N2O7.H2O/c1-4(13)10-7-5(2-11(16)17)18-6(3-12)8(14)9(7)15;/h5-9,12,14-15H,2-3H2,1H3,(H,10,13);1H2. The van der Waals surface area contributed by atoms with E-state index < -0.39 is 54.4 Å². The maximum atomic E-state index is 11.0. The molecule has 0 spiro atoms. The first kappa shape index (κ1) is 17.7. The van der Waals surface area contributed by atoms with Gasteiger partial charge in [0.05, 0.1) is 12.6 Å². The molecule has 10 heteroatoms. The van der Waals surface area contributed by atoms with E-state index in [1.807, 2.05) is 0 Å². The van der Waals surface area contributed by atoms with Crippen LogP contribution in [0.3, 0.4) is 0 Å². The predicted molar refractivity (Wildman–Crippen MR) is 60.8 cm³/mol. The number of hydrogen-bond donors (Lipinski definition) is 4. The van der Waals surface area contributed by atoms with Crippen molar-refractivity contribution < 1.29 is 35.3 Å². The van der Waals surface area contributed by atoms with E-state index in [4.69, 9.17) is 9.84 Å². The Labute approximate surface area is 108 Å². The Balaban J connectivity index is 0.00000324. The number of amides is 1. The molecule has 0 aromatic heterocycles. The maximum Gasteiger partial charge on any atom is 0.231 e. The van der Waals surface area contributed by atoms with Crippen LogP contribution in [0.2, 0.25) is 0 Å². The summed E-state index contributed by atoms with van der Waals surface area (Å²) in [5.74, 6) is -0.509. The zero-order chi connectivity index (χ0) is 13.9. The van der Waals surface area contributed by atoms with E-state index in [0.717, 1.165) is 0 Å². The van der Waals surface area contributed by atoms with Crippen LogP contribution < -0.4 is 5.32 Å². The van der Waals surface area contributed by atoms with Crippen LogP contribution in [-0.2, 0) is 9.53 Å². The van der Waals surface area contributed by atoms with Gasteiger partial charge in [0.2, 0.25) is 12.5 Å². The largest absolute Gasteiger partial charge is 0.412 e. The number of rotatable bonds is 4. The van der Waals surface area contributed by atoms with Gasteiger partial charge in [-0.2, -0.15) is 0 Å². The molecule has 1 fully saturated rings. The molecule has 0 aromatic carbocycles. The third-order valence-electron chi connectivity index (χ3n) is 2.73. The van der Waals surface area contributed by atoms with Crippen molar-refractivity contribution in [2.45, 2.75) is 37.4 Å². The number of nitrogens with zero attached hydrogens (tertiary/aromatic N) is 1. The van der Waals surface area contributed by atoms with Gasteiger partial charge in [0.25, 0.3) is 0 Å². The van der Waals surface area contributed by atoms with Gasteiger partial charge in [0.1, 0.15) is 24.4 Å². The highest BCUT2D eigenvalue weighted by Crippen LogP contribution is 2.21. The van der Waals surface area contributed by atoms with Gasteiger partial charge in [-0.3, -0.25) is 14.9 Å². The highest BCUT2D eigenvalue weighted by atomic mass is 16.6. The van der Waals surface area contributed by atoms with Crippen LogP contribution in [0.15, 0.2) is 0 Å².